The Kier molecular flexibility index (Phi) is 8.33. The zero-order valence-corrected chi connectivity index (χ0v) is 15.1. The van der Waals surface area contributed by atoms with Gasteiger partial charge < -0.3 is 15.4 Å². The summed E-state index contributed by atoms with van der Waals surface area (Å²) in [5.41, 5.74) is 5.94. The van der Waals surface area contributed by atoms with Gasteiger partial charge in [-0.25, -0.2) is 4.98 Å². The molecule has 0 saturated carbocycles. The highest BCUT2D eigenvalue weighted by molar-refractivity contribution is 7.09. The summed E-state index contributed by atoms with van der Waals surface area (Å²) in [5.74, 6) is 0.492. The monoisotopic (exact) mass is 375 g/mol. The molecule has 0 fully saturated rings. The van der Waals surface area contributed by atoms with Gasteiger partial charge in [0.25, 0.3) is 5.91 Å². The van der Waals surface area contributed by atoms with Crippen LogP contribution in [0.4, 0.5) is 0 Å². The van der Waals surface area contributed by atoms with Crippen LogP contribution >= 0.6 is 35.3 Å². The van der Waals surface area contributed by atoms with E-state index in [9.17, 15) is 4.79 Å². The van der Waals surface area contributed by atoms with Crippen molar-refractivity contribution in [1.82, 2.24) is 9.88 Å². The van der Waals surface area contributed by atoms with E-state index in [4.69, 9.17) is 22.1 Å². The number of likely N-dealkylation sites (N-methyl/N-ethyl adjacent to an activating group) is 1. The first-order chi connectivity index (χ1) is 10.6. The largest absolute Gasteiger partial charge is 0.490 e. The van der Waals surface area contributed by atoms with Crippen LogP contribution in [0.2, 0.25) is 5.02 Å². The second kappa shape index (κ2) is 9.72. The van der Waals surface area contributed by atoms with E-state index in [-0.39, 0.29) is 18.3 Å². The van der Waals surface area contributed by atoms with Gasteiger partial charge in [0.1, 0.15) is 18.1 Å². The normalized spacial score (nSPS) is 10.0. The van der Waals surface area contributed by atoms with E-state index < -0.39 is 0 Å². The molecular formula is C15H19Cl2N3O2S. The lowest BCUT2D eigenvalue weighted by molar-refractivity contribution is 0.0768. The minimum atomic E-state index is -0.123. The van der Waals surface area contributed by atoms with Crippen molar-refractivity contribution in [2.45, 2.75) is 6.42 Å². The van der Waals surface area contributed by atoms with Gasteiger partial charge in [0.2, 0.25) is 0 Å². The zero-order valence-electron chi connectivity index (χ0n) is 12.7. The van der Waals surface area contributed by atoms with Crippen LogP contribution in [-0.2, 0) is 6.42 Å². The number of thiazole rings is 1. The van der Waals surface area contributed by atoms with Gasteiger partial charge in [0, 0.05) is 18.8 Å². The first-order valence-corrected chi connectivity index (χ1v) is 8.15. The number of benzene rings is 1. The summed E-state index contributed by atoms with van der Waals surface area (Å²) >= 11 is 7.46. The van der Waals surface area contributed by atoms with Crippen molar-refractivity contribution in [1.29, 1.82) is 0 Å². The van der Waals surface area contributed by atoms with Crippen LogP contribution in [0.5, 0.6) is 5.75 Å². The molecule has 0 aliphatic rings. The van der Waals surface area contributed by atoms with Crippen LogP contribution in [0.15, 0.2) is 29.6 Å². The van der Waals surface area contributed by atoms with Gasteiger partial charge in [0.05, 0.1) is 16.6 Å². The SMILES string of the molecule is CN(CCOc1ccccc1Cl)C(=O)c1csc(CCN)n1.Cl. The Labute approximate surface area is 150 Å². The van der Waals surface area contributed by atoms with E-state index in [0.29, 0.717) is 42.6 Å². The van der Waals surface area contributed by atoms with Crippen LogP contribution < -0.4 is 10.5 Å². The fraction of sp³-hybridized carbons (Fsp3) is 0.333. The Bertz CT molecular complexity index is 637. The lowest BCUT2D eigenvalue weighted by atomic mass is 10.3. The molecule has 5 nitrogen and oxygen atoms in total. The van der Waals surface area contributed by atoms with Crippen molar-refractivity contribution in [2.24, 2.45) is 5.73 Å². The van der Waals surface area contributed by atoms with Gasteiger partial charge in [0.15, 0.2) is 0 Å². The zero-order chi connectivity index (χ0) is 15.9. The molecule has 0 unspecified atom stereocenters. The topological polar surface area (TPSA) is 68.5 Å². The number of ether oxygens (including phenoxy) is 1. The molecule has 0 spiro atoms. The molecule has 0 bridgehead atoms. The molecule has 0 atom stereocenters. The van der Waals surface area contributed by atoms with E-state index in [2.05, 4.69) is 4.98 Å². The Balaban J connectivity index is 0.00000264. The predicted molar refractivity (Wildman–Crippen MR) is 96.0 cm³/mol. The summed E-state index contributed by atoms with van der Waals surface area (Å²) in [6.07, 6.45) is 0.692. The Morgan fingerprint density at radius 1 is 1.43 bits per heavy atom. The molecule has 0 saturated heterocycles. The summed E-state index contributed by atoms with van der Waals surface area (Å²) in [6, 6.07) is 7.25. The lowest BCUT2D eigenvalue weighted by Crippen LogP contribution is -2.31. The highest BCUT2D eigenvalue weighted by atomic mass is 35.5. The Morgan fingerprint density at radius 3 is 2.87 bits per heavy atom. The summed E-state index contributed by atoms with van der Waals surface area (Å²) < 4.78 is 5.58. The maximum absolute atomic E-state index is 12.2. The van der Waals surface area contributed by atoms with Gasteiger partial charge in [-0.15, -0.1) is 23.7 Å². The fourth-order valence-electron chi connectivity index (χ4n) is 1.80. The van der Waals surface area contributed by atoms with E-state index in [1.54, 1.807) is 29.5 Å². The third-order valence-electron chi connectivity index (χ3n) is 3.00. The number of aromatic nitrogens is 1. The molecule has 2 rings (SSSR count). The van der Waals surface area contributed by atoms with Crippen LogP contribution in [0.25, 0.3) is 0 Å². The maximum atomic E-state index is 12.2. The van der Waals surface area contributed by atoms with Crippen molar-refractivity contribution in [3.8, 4) is 5.75 Å². The second-order valence-electron chi connectivity index (χ2n) is 4.67. The van der Waals surface area contributed by atoms with Gasteiger partial charge in [-0.1, -0.05) is 23.7 Å². The number of carbonyl (C=O) groups is 1. The smallest absolute Gasteiger partial charge is 0.273 e. The fourth-order valence-corrected chi connectivity index (χ4v) is 2.78. The molecule has 1 aromatic carbocycles. The van der Waals surface area contributed by atoms with Crippen LogP contribution in [-0.4, -0.2) is 42.5 Å². The molecule has 0 aliphatic heterocycles. The number of carbonyl (C=O) groups excluding carboxylic acids is 1. The average Bonchev–Trinajstić information content (AvgIpc) is 2.97. The van der Waals surface area contributed by atoms with Crippen molar-refractivity contribution >= 4 is 41.3 Å². The van der Waals surface area contributed by atoms with Crippen molar-refractivity contribution in [3.05, 3.63) is 45.4 Å². The average molecular weight is 376 g/mol. The van der Waals surface area contributed by atoms with Crippen molar-refractivity contribution < 1.29 is 9.53 Å². The van der Waals surface area contributed by atoms with E-state index in [1.165, 1.54) is 11.3 Å². The lowest BCUT2D eigenvalue weighted by Gasteiger charge is -2.16. The highest BCUT2D eigenvalue weighted by Gasteiger charge is 2.15. The quantitative estimate of drug-likeness (QED) is 0.807. The molecule has 1 heterocycles. The summed E-state index contributed by atoms with van der Waals surface area (Å²) in [7, 11) is 1.72. The van der Waals surface area contributed by atoms with E-state index in [0.717, 1.165) is 5.01 Å². The molecular weight excluding hydrogens is 357 g/mol. The number of para-hydroxylation sites is 1. The number of rotatable bonds is 7. The van der Waals surface area contributed by atoms with Crippen molar-refractivity contribution in [3.63, 3.8) is 0 Å². The van der Waals surface area contributed by atoms with Gasteiger partial charge in [-0.3, -0.25) is 4.79 Å². The molecule has 1 amide bonds. The number of nitrogens with zero attached hydrogens (tertiary/aromatic N) is 2. The van der Waals surface area contributed by atoms with Crippen molar-refractivity contribution in [2.75, 3.05) is 26.7 Å². The van der Waals surface area contributed by atoms with E-state index >= 15 is 0 Å². The summed E-state index contributed by atoms with van der Waals surface area (Å²) in [5, 5.41) is 3.20. The number of nitrogens with two attached hydrogens (primary N) is 1. The number of hydrogen-bond donors (Lipinski definition) is 1. The molecule has 2 N–H and O–H groups in total. The number of amides is 1. The third-order valence-corrected chi connectivity index (χ3v) is 4.22. The molecule has 0 radical (unpaired) electrons. The van der Waals surface area contributed by atoms with E-state index in [1.807, 2.05) is 12.1 Å². The molecule has 0 aliphatic carbocycles. The standard InChI is InChI=1S/C15H18ClN3O2S.ClH/c1-19(8-9-21-13-5-3-2-4-11(13)16)15(20)12-10-22-14(18-12)6-7-17;/h2-5,10H,6-9,17H2,1H3;1H. The number of halogens is 2. The first kappa shape index (κ1) is 19.7. The first-order valence-electron chi connectivity index (χ1n) is 6.89. The summed E-state index contributed by atoms with van der Waals surface area (Å²) in [4.78, 5) is 18.1. The molecule has 23 heavy (non-hydrogen) atoms. The molecule has 1 aromatic heterocycles. The van der Waals surface area contributed by atoms with Gasteiger partial charge in [-0.05, 0) is 18.7 Å². The molecule has 8 heteroatoms. The maximum Gasteiger partial charge on any atom is 0.273 e. The van der Waals surface area contributed by atoms with Gasteiger partial charge >= 0.3 is 0 Å². The molecule has 126 valence electrons. The molecule has 2 aromatic rings. The Hall–Kier alpha value is -1.34. The Morgan fingerprint density at radius 2 is 2.17 bits per heavy atom. The third kappa shape index (κ3) is 5.66. The minimum absolute atomic E-state index is 0. The second-order valence-corrected chi connectivity index (χ2v) is 6.02. The van der Waals surface area contributed by atoms with Crippen LogP contribution in [0.1, 0.15) is 15.5 Å². The predicted octanol–water partition coefficient (Wildman–Crippen LogP) is 2.87. The minimum Gasteiger partial charge on any atom is -0.490 e. The summed E-state index contributed by atoms with van der Waals surface area (Å²) in [6.45, 7) is 1.35. The van der Waals surface area contributed by atoms with Crippen LogP contribution in [0, 0.1) is 0 Å². The van der Waals surface area contributed by atoms with Gasteiger partial charge in [-0.2, -0.15) is 0 Å². The van der Waals surface area contributed by atoms with Crippen LogP contribution in [0.3, 0.4) is 0 Å². The number of hydrogen-bond acceptors (Lipinski definition) is 5. The highest BCUT2D eigenvalue weighted by Crippen LogP contribution is 2.22.